The molecule has 4 aromatic rings. The molecule has 6 nitrogen and oxygen atoms in total. The summed E-state index contributed by atoms with van der Waals surface area (Å²) in [5, 5.41) is 9.08. The van der Waals surface area contributed by atoms with Gasteiger partial charge in [-0.15, -0.1) is 0 Å². The highest BCUT2D eigenvalue weighted by atomic mass is 16.5. The van der Waals surface area contributed by atoms with E-state index in [-0.39, 0.29) is 24.1 Å². The Morgan fingerprint density at radius 2 is 1.58 bits per heavy atom. The van der Waals surface area contributed by atoms with Gasteiger partial charge in [-0.05, 0) is 43.2 Å². The van der Waals surface area contributed by atoms with Crippen LogP contribution in [0.1, 0.15) is 47.8 Å². The Bertz CT molecular complexity index is 1340. The fourth-order valence-electron chi connectivity index (χ4n) is 4.42. The van der Waals surface area contributed by atoms with Crippen molar-refractivity contribution in [2.75, 3.05) is 0 Å². The molecule has 5 rings (SSSR count). The number of hydrogen-bond acceptors (Lipinski definition) is 4. The van der Waals surface area contributed by atoms with Gasteiger partial charge < -0.3 is 10.1 Å². The summed E-state index contributed by atoms with van der Waals surface area (Å²) in [6.45, 7) is 0.214. The first-order valence-electron chi connectivity index (χ1n) is 11.3. The SMILES string of the molecule is O=C(NCc1nn(C2CCCC2)c(=O)c2ccccc12)c1ccccc1Oc1ccccc1. The maximum absolute atomic E-state index is 13.1. The van der Waals surface area contributed by atoms with Gasteiger partial charge in [-0.25, -0.2) is 4.68 Å². The highest BCUT2D eigenvalue weighted by molar-refractivity contribution is 5.97. The van der Waals surface area contributed by atoms with Crippen molar-refractivity contribution in [2.45, 2.75) is 38.3 Å². The Balaban J connectivity index is 1.42. The van der Waals surface area contributed by atoms with E-state index in [2.05, 4.69) is 5.32 Å². The zero-order chi connectivity index (χ0) is 22.6. The van der Waals surface area contributed by atoms with Gasteiger partial charge in [0.25, 0.3) is 11.5 Å². The molecule has 1 amide bonds. The molecule has 1 aliphatic rings. The van der Waals surface area contributed by atoms with E-state index in [1.165, 1.54) is 0 Å². The standard InChI is InChI=1S/C27H25N3O3/c31-26(23-16-8-9-17-25(23)33-20-12-2-1-3-13-20)28-18-24-21-14-6-7-15-22(21)27(32)30(29-24)19-10-4-5-11-19/h1-3,6-9,12-17,19H,4-5,10-11,18H2,(H,28,31). The van der Waals surface area contributed by atoms with Gasteiger partial charge >= 0.3 is 0 Å². The third-order valence-corrected chi connectivity index (χ3v) is 6.09. The number of rotatable bonds is 6. The van der Waals surface area contributed by atoms with Crippen molar-refractivity contribution < 1.29 is 9.53 Å². The molecular weight excluding hydrogens is 414 g/mol. The predicted molar refractivity (Wildman–Crippen MR) is 128 cm³/mol. The van der Waals surface area contributed by atoms with Crippen LogP contribution in [-0.4, -0.2) is 15.7 Å². The minimum atomic E-state index is -0.258. The molecule has 1 aliphatic carbocycles. The van der Waals surface area contributed by atoms with Crippen LogP contribution in [0, 0.1) is 0 Å². The second-order valence-electron chi connectivity index (χ2n) is 8.27. The molecule has 3 aromatic carbocycles. The fraction of sp³-hybridized carbons (Fsp3) is 0.222. The van der Waals surface area contributed by atoms with Crippen LogP contribution in [0.2, 0.25) is 0 Å². The van der Waals surface area contributed by atoms with E-state index < -0.39 is 0 Å². The number of hydrogen-bond donors (Lipinski definition) is 1. The molecule has 0 unspecified atom stereocenters. The summed E-state index contributed by atoms with van der Waals surface area (Å²) in [6, 6.07) is 24.1. The number of amides is 1. The molecular formula is C27H25N3O3. The number of nitrogens with zero attached hydrogens (tertiary/aromatic N) is 2. The van der Waals surface area contributed by atoms with Gasteiger partial charge in [0.2, 0.25) is 0 Å². The van der Waals surface area contributed by atoms with Crippen LogP contribution < -0.4 is 15.6 Å². The van der Waals surface area contributed by atoms with E-state index in [0.29, 0.717) is 28.1 Å². The first-order valence-corrected chi connectivity index (χ1v) is 11.3. The van der Waals surface area contributed by atoms with Gasteiger partial charge in [0.05, 0.1) is 29.2 Å². The Kier molecular flexibility index (Phi) is 5.89. The molecule has 1 fully saturated rings. The van der Waals surface area contributed by atoms with Crippen molar-refractivity contribution in [1.29, 1.82) is 0 Å². The van der Waals surface area contributed by atoms with E-state index in [1.807, 2.05) is 60.7 Å². The molecule has 0 atom stereocenters. The lowest BCUT2D eigenvalue weighted by Crippen LogP contribution is -2.30. The number of benzene rings is 3. The van der Waals surface area contributed by atoms with Crippen LogP contribution in [0.15, 0.2) is 83.7 Å². The maximum Gasteiger partial charge on any atom is 0.274 e. The quantitative estimate of drug-likeness (QED) is 0.446. The lowest BCUT2D eigenvalue weighted by atomic mass is 10.1. The monoisotopic (exact) mass is 439 g/mol. The average Bonchev–Trinajstić information content (AvgIpc) is 3.39. The molecule has 0 bridgehead atoms. The van der Waals surface area contributed by atoms with Crippen LogP contribution in [0.5, 0.6) is 11.5 Å². The smallest absolute Gasteiger partial charge is 0.274 e. The first kappa shape index (κ1) is 20.9. The minimum Gasteiger partial charge on any atom is -0.457 e. The lowest BCUT2D eigenvalue weighted by Gasteiger charge is -2.16. The number of para-hydroxylation sites is 2. The molecule has 0 radical (unpaired) electrons. The number of ether oxygens (including phenoxy) is 1. The van der Waals surface area contributed by atoms with Gasteiger partial charge in [-0.3, -0.25) is 9.59 Å². The van der Waals surface area contributed by atoms with Crippen molar-refractivity contribution in [3.63, 3.8) is 0 Å². The number of fused-ring (bicyclic) bond motifs is 1. The van der Waals surface area contributed by atoms with E-state index in [0.717, 1.165) is 31.1 Å². The highest BCUT2D eigenvalue weighted by Crippen LogP contribution is 2.29. The summed E-state index contributed by atoms with van der Waals surface area (Å²) in [5.41, 5.74) is 1.07. The minimum absolute atomic E-state index is 0.0609. The van der Waals surface area contributed by atoms with Gasteiger partial charge in [-0.1, -0.05) is 61.4 Å². The third kappa shape index (κ3) is 4.37. The van der Waals surface area contributed by atoms with Crippen LogP contribution in [0.4, 0.5) is 0 Å². The normalized spacial score (nSPS) is 13.8. The van der Waals surface area contributed by atoms with E-state index in [4.69, 9.17) is 9.84 Å². The van der Waals surface area contributed by atoms with Crippen LogP contribution in [-0.2, 0) is 6.54 Å². The molecule has 1 saturated carbocycles. The molecule has 166 valence electrons. The topological polar surface area (TPSA) is 73.2 Å². The second-order valence-corrected chi connectivity index (χ2v) is 8.27. The third-order valence-electron chi connectivity index (χ3n) is 6.09. The number of aromatic nitrogens is 2. The first-order chi connectivity index (χ1) is 16.2. The molecule has 1 aromatic heterocycles. The Hall–Kier alpha value is -3.93. The Labute approximate surface area is 191 Å². The van der Waals surface area contributed by atoms with Gasteiger partial charge in [0, 0.05) is 5.39 Å². The predicted octanol–water partition coefficient (Wildman–Crippen LogP) is 5.23. The number of carbonyl (C=O) groups excluding carboxylic acids is 1. The van der Waals surface area contributed by atoms with Gasteiger partial charge in [0.15, 0.2) is 0 Å². The fourth-order valence-corrected chi connectivity index (χ4v) is 4.42. The molecule has 0 spiro atoms. The number of nitrogens with one attached hydrogen (secondary N) is 1. The van der Waals surface area contributed by atoms with Crippen molar-refractivity contribution in [3.8, 4) is 11.5 Å². The largest absolute Gasteiger partial charge is 0.457 e. The number of carbonyl (C=O) groups is 1. The van der Waals surface area contributed by atoms with Crippen molar-refractivity contribution in [2.24, 2.45) is 0 Å². The second kappa shape index (κ2) is 9.28. The molecule has 1 N–H and O–H groups in total. The van der Waals surface area contributed by atoms with E-state index in [1.54, 1.807) is 22.9 Å². The lowest BCUT2D eigenvalue weighted by molar-refractivity contribution is 0.0948. The summed E-state index contributed by atoms with van der Waals surface area (Å²) in [5.74, 6) is 0.884. The van der Waals surface area contributed by atoms with Crippen LogP contribution in [0.25, 0.3) is 10.8 Å². The summed E-state index contributed by atoms with van der Waals surface area (Å²) in [4.78, 5) is 26.1. The Morgan fingerprint density at radius 3 is 2.36 bits per heavy atom. The molecule has 0 saturated heterocycles. The van der Waals surface area contributed by atoms with Gasteiger partial charge in [-0.2, -0.15) is 5.10 Å². The van der Waals surface area contributed by atoms with Gasteiger partial charge in [0.1, 0.15) is 11.5 Å². The molecule has 0 aliphatic heterocycles. The van der Waals surface area contributed by atoms with Crippen LogP contribution >= 0.6 is 0 Å². The zero-order valence-corrected chi connectivity index (χ0v) is 18.2. The zero-order valence-electron chi connectivity index (χ0n) is 18.2. The van der Waals surface area contributed by atoms with Crippen molar-refractivity contribution in [3.05, 3.63) is 100 Å². The molecule has 33 heavy (non-hydrogen) atoms. The van der Waals surface area contributed by atoms with E-state index >= 15 is 0 Å². The van der Waals surface area contributed by atoms with E-state index in [9.17, 15) is 9.59 Å². The van der Waals surface area contributed by atoms with Crippen molar-refractivity contribution in [1.82, 2.24) is 15.1 Å². The average molecular weight is 440 g/mol. The summed E-state index contributed by atoms with van der Waals surface area (Å²) in [7, 11) is 0. The maximum atomic E-state index is 13.1. The molecule has 1 heterocycles. The summed E-state index contributed by atoms with van der Waals surface area (Å²) >= 11 is 0. The summed E-state index contributed by atoms with van der Waals surface area (Å²) in [6.07, 6.45) is 4.13. The molecule has 6 heteroatoms. The van der Waals surface area contributed by atoms with Crippen LogP contribution in [0.3, 0.4) is 0 Å². The van der Waals surface area contributed by atoms with Crippen molar-refractivity contribution >= 4 is 16.7 Å². The Morgan fingerprint density at radius 1 is 0.909 bits per heavy atom. The highest BCUT2D eigenvalue weighted by Gasteiger charge is 2.22. The summed E-state index contributed by atoms with van der Waals surface area (Å²) < 4.78 is 7.56.